The first-order chi connectivity index (χ1) is 12.3. The van der Waals surface area contributed by atoms with Gasteiger partial charge in [0.1, 0.15) is 5.60 Å². The number of nitrogens with two attached hydrogens (primary N) is 1. The van der Waals surface area contributed by atoms with Crippen molar-refractivity contribution < 1.29 is 19.0 Å². The summed E-state index contributed by atoms with van der Waals surface area (Å²) >= 11 is 0. The van der Waals surface area contributed by atoms with Crippen LogP contribution < -0.4 is 5.73 Å². The molecular weight excluding hydrogens is 336 g/mol. The molecule has 2 aliphatic rings. The Hall–Kier alpha value is -1.54. The van der Waals surface area contributed by atoms with Gasteiger partial charge in [0.05, 0.1) is 6.10 Å². The highest BCUT2D eigenvalue weighted by Gasteiger charge is 2.26. The Morgan fingerprint density at radius 3 is 2.38 bits per heavy atom. The smallest absolute Gasteiger partial charge is 0.410 e. The van der Waals surface area contributed by atoms with Crippen LogP contribution in [0.15, 0.2) is 4.99 Å². The summed E-state index contributed by atoms with van der Waals surface area (Å²) in [6.07, 6.45) is 2.88. The lowest BCUT2D eigenvalue weighted by molar-refractivity contribution is -0.0318. The summed E-state index contributed by atoms with van der Waals surface area (Å²) in [5, 5.41) is 0. The van der Waals surface area contributed by atoms with Gasteiger partial charge in [0.2, 0.25) is 0 Å². The minimum absolute atomic E-state index is 0.266. The van der Waals surface area contributed by atoms with Crippen LogP contribution >= 0.6 is 0 Å². The number of piperazine rings is 1. The number of hydrogen-bond donors (Lipinski definition) is 1. The SMILES string of the molecule is CC(C)(C)OC(=O)N1CCN(C(N)=NCCCOC2CCOCC2)CC1. The number of aliphatic imine (C=N–C) groups is 1. The van der Waals surface area contributed by atoms with E-state index in [0.717, 1.165) is 32.5 Å². The van der Waals surface area contributed by atoms with Gasteiger partial charge >= 0.3 is 6.09 Å². The number of nitrogens with zero attached hydrogens (tertiary/aromatic N) is 3. The molecule has 0 unspecified atom stereocenters. The van der Waals surface area contributed by atoms with Crippen molar-refractivity contribution in [3.8, 4) is 0 Å². The quantitative estimate of drug-likeness (QED) is 0.447. The Morgan fingerprint density at radius 1 is 1.15 bits per heavy atom. The van der Waals surface area contributed by atoms with E-state index in [1.165, 1.54) is 0 Å². The molecule has 2 fully saturated rings. The Kier molecular flexibility index (Phi) is 7.96. The van der Waals surface area contributed by atoms with Crippen molar-refractivity contribution in [1.82, 2.24) is 9.80 Å². The molecule has 0 atom stereocenters. The molecule has 2 heterocycles. The fourth-order valence-electron chi connectivity index (χ4n) is 2.90. The zero-order valence-corrected chi connectivity index (χ0v) is 16.4. The topological polar surface area (TPSA) is 89.6 Å². The van der Waals surface area contributed by atoms with E-state index >= 15 is 0 Å². The molecular formula is C18H34N4O4. The molecule has 0 aromatic carbocycles. The van der Waals surface area contributed by atoms with E-state index < -0.39 is 5.60 Å². The van der Waals surface area contributed by atoms with Gasteiger partial charge in [-0.15, -0.1) is 0 Å². The highest BCUT2D eigenvalue weighted by molar-refractivity contribution is 5.78. The normalized spacial score (nSPS) is 20.3. The lowest BCUT2D eigenvalue weighted by atomic mass is 10.1. The summed E-state index contributed by atoms with van der Waals surface area (Å²) in [5.74, 6) is 0.542. The molecule has 1 amide bonds. The maximum atomic E-state index is 12.1. The van der Waals surface area contributed by atoms with Crippen LogP contribution in [0.2, 0.25) is 0 Å². The van der Waals surface area contributed by atoms with Gasteiger partial charge in [0.25, 0.3) is 0 Å². The second-order valence-electron chi connectivity index (χ2n) is 7.73. The van der Waals surface area contributed by atoms with Gasteiger partial charge in [-0.1, -0.05) is 0 Å². The number of carbonyl (C=O) groups excluding carboxylic acids is 1. The zero-order chi connectivity index (χ0) is 19.0. The standard InChI is InChI=1S/C18H34N4O4/c1-18(2,3)26-17(23)22-10-8-21(9-11-22)16(19)20-7-4-12-25-15-5-13-24-14-6-15/h15H,4-14H2,1-3H3,(H2,19,20). The molecule has 2 aliphatic heterocycles. The summed E-state index contributed by atoms with van der Waals surface area (Å²) < 4.78 is 16.5. The monoisotopic (exact) mass is 370 g/mol. The third-order valence-corrected chi connectivity index (χ3v) is 4.35. The molecule has 0 spiro atoms. The Morgan fingerprint density at radius 2 is 1.77 bits per heavy atom. The van der Waals surface area contributed by atoms with E-state index in [1.54, 1.807) is 4.90 Å². The molecule has 0 aromatic rings. The van der Waals surface area contributed by atoms with Gasteiger partial charge in [-0.3, -0.25) is 4.99 Å². The minimum Gasteiger partial charge on any atom is -0.444 e. The lowest BCUT2D eigenvalue weighted by Crippen LogP contribution is -2.53. The molecule has 8 nitrogen and oxygen atoms in total. The first kappa shape index (κ1) is 20.8. The fraction of sp³-hybridized carbons (Fsp3) is 0.889. The molecule has 0 saturated carbocycles. The van der Waals surface area contributed by atoms with Gasteiger partial charge in [-0.25, -0.2) is 4.79 Å². The minimum atomic E-state index is -0.471. The molecule has 0 radical (unpaired) electrons. The molecule has 0 aliphatic carbocycles. The maximum absolute atomic E-state index is 12.1. The summed E-state index contributed by atoms with van der Waals surface area (Å²) in [6, 6.07) is 0. The lowest BCUT2D eigenvalue weighted by Gasteiger charge is -2.36. The van der Waals surface area contributed by atoms with E-state index in [2.05, 4.69) is 4.99 Å². The van der Waals surface area contributed by atoms with Crippen LogP contribution in [-0.2, 0) is 14.2 Å². The molecule has 26 heavy (non-hydrogen) atoms. The number of amides is 1. The number of rotatable bonds is 5. The van der Waals surface area contributed by atoms with E-state index in [4.69, 9.17) is 19.9 Å². The Labute approximate surface area is 156 Å². The van der Waals surface area contributed by atoms with Crippen molar-refractivity contribution in [2.45, 2.75) is 51.7 Å². The van der Waals surface area contributed by atoms with E-state index in [9.17, 15) is 4.79 Å². The predicted molar refractivity (Wildman–Crippen MR) is 100 cm³/mol. The highest BCUT2D eigenvalue weighted by atomic mass is 16.6. The third kappa shape index (κ3) is 7.37. The van der Waals surface area contributed by atoms with Crippen molar-refractivity contribution in [2.75, 3.05) is 52.5 Å². The predicted octanol–water partition coefficient (Wildman–Crippen LogP) is 1.44. The van der Waals surface area contributed by atoms with Crippen LogP contribution in [-0.4, -0.2) is 86.1 Å². The zero-order valence-electron chi connectivity index (χ0n) is 16.4. The van der Waals surface area contributed by atoms with E-state index in [1.807, 2.05) is 25.7 Å². The van der Waals surface area contributed by atoms with Gasteiger partial charge in [-0.05, 0) is 40.0 Å². The van der Waals surface area contributed by atoms with Gasteiger partial charge in [0, 0.05) is 52.5 Å². The summed E-state index contributed by atoms with van der Waals surface area (Å²) in [4.78, 5) is 20.2. The first-order valence-electron chi connectivity index (χ1n) is 9.57. The average Bonchev–Trinajstić information content (AvgIpc) is 2.61. The third-order valence-electron chi connectivity index (χ3n) is 4.35. The van der Waals surface area contributed by atoms with Crippen LogP contribution in [0.3, 0.4) is 0 Å². The molecule has 2 saturated heterocycles. The van der Waals surface area contributed by atoms with Crippen LogP contribution in [0, 0.1) is 0 Å². The van der Waals surface area contributed by atoms with Crippen LogP contribution in [0.25, 0.3) is 0 Å². The second-order valence-corrected chi connectivity index (χ2v) is 7.73. The summed E-state index contributed by atoms with van der Waals surface area (Å²) in [7, 11) is 0. The van der Waals surface area contributed by atoms with E-state index in [0.29, 0.717) is 51.4 Å². The van der Waals surface area contributed by atoms with E-state index in [-0.39, 0.29) is 6.09 Å². The second kappa shape index (κ2) is 9.97. The van der Waals surface area contributed by atoms with Crippen molar-refractivity contribution in [3.63, 3.8) is 0 Å². The van der Waals surface area contributed by atoms with Crippen molar-refractivity contribution in [2.24, 2.45) is 10.7 Å². The number of ether oxygens (including phenoxy) is 3. The first-order valence-corrected chi connectivity index (χ1v) is 9.57. The molecule has 0 aromatic heterocycles. The summed E-state index contributed by atoms with van der Waals surface area (Å²) in [6.45, 7) is 11.1. The van der Waals surface area contributed by atoms with Crippen molar-refractivity contribution in [1.29, 1.82) is 0 Å². The number of guanidine groups is 1. The molecule has 2 rings (SSSR count). The molecule has 2 N–H and O–H groups in total. The number of carbonyl (C=O) groups is 1. The Balaban J connectivity index is 1.61. The van der Waals surface area contributed by atoms with Crippen LogP contribution in [0.5, 0.6) is 0 Å². The van der Waals surface area contributed by atoms with Crippen LogP contribution in [0.4, 0.5) is 4.79 Å². The highest BCUT2D eigenvalue weighted by Crippen LogP contribution is 2.12. The molecule has 150 valence electrons. The van der Waals surface area contributed by atoms with Crippen molar-refractivity contribution in [3.05, 3.63) is 0 Å². The Bertz CT molecular complexity index is 464. The average molecular weight is 370 g/mol. The van der Waals surface area contributed by atoms with Crippen LogP contribution in [0.1, 0.15) is 40.0 Å². The fourth-order valence-corrected chi connectivity index (χ4v) is 2.90. The largest absolute Gasteiger partial charge is 0.444 e. The maximum Gasteiger partial charge on any atom is 0.410 e. The number of hydrogen-bond acceptors (Lipinski definition) is 5. The van der Waals surface area contributed by atoms with Gasteiger partial charge < -0.3 is 29.7 Å². The van der Waals surface area contributed by atoms with Gasteiger partial charge in [-0.2, -0.15) is 0 Å². The molecule has 0 bridgehead atoms. The van der Waals surface area contributed by atoms with Crippen molar-refractivity contribution >= 4 is 12.1 Å². The van der Waals surface area contributed by atoms with Gasteiger partial charge in [0.15, 0.2) is 5.96 Å². The summed E-state index contributed by atoms with van der Waals surface area (Å²) in [5.41, 5.74) is 5.61. The molecule has 8 heteroatoms.